The fraction of sp³-hybridized carbons (Fsp3) is 0.462. The SMILES string of the molecule is Cc1cc(Br)cc(C(=O)NC(C)CN(C)C)c1. The van der Waals surface area contributed by atoms with Crippen LogP contribution in [-0.2, 0) is 0 Å². The van der Waals surface area contributed by atoms with Gasteiger partial charge in [0.25, 0.3) is 5.91 Å². The summed E-state index contributed by atoms with van der Waals surface area (Å²) >= 11 is 3.40. The first-order valence-electron chi connectivity index (χ1n) is 5.61. The minimum Gasteiger partial charge on any atom is -0.348 e. The summed E-state index contributed by atoms with van der Waals surface area (Å²) in [4.78, 5) is 14.0. The molecule has 1 aromatic rings. The van der Waals surface area contributed by atoms with Gasteiger partial charge in [0.2, 0.25) is 0 Å². The molecule has 0 radical (unpaired) electrons. The van der Waals surface area contributed by atoms with Crippen molar-refractivity contribution in [2.24, 2.45) is 0 Å². The second-order valence-corrected chi connectivity index (χ2v) is 5.57. The zero-order valence-electron chi connectivity index (χ0n) is 10.7. The van der Waals surface area contributed by atoms with E-state index in [-0.39, 0.29) is 11.9 Å². The summed E-state index contributed by atoms with van der Waals surface area (Å²) in [6.07, 6.45) is 0. The molecule has 0 fully saturated rings. The molecule has 1 amide bonds. The summed E-state index contributed by atoms with van der Waals surface area (Å²) in [5.41, 5.74) is 1.77. The van der Waals surface area contributed by atoms with E-state index in [0.29, 0.717) is 5.56 Å². The van der Waals surface area contributed by atoms with Gasteiger partial charge in [-0.2, -0.15) is 0 Å². The Morgan fingerprint density at radius 1 is 1.41 bits per heavy atom. The summed E-state index contributed by atoms with van der Waals surface area (Å²) in [6.45, 7) is 4.81. The lowest BCUT2D eigenvalue weighted by Gasteiger charge is -2.18. The number of carbonyl (C=O) groups excluding carboxylic acids is 1. The minimum atomic E-state index is -0.0243. The van der Waals surface area contributed by atoms with Crippen LogP contribution in [0.5, 0.6) is 0 Å². The highest BCUT2D eigenvalue weighted by Crippen LogP contribution is 2.15. The van der Waals surface area contributed by atoms with Crippen LogP contribution < -0.4 is 5.32 Å². The second kappa shape index (κ2) is 6.17. The number of amides is 1. The van der Waals surface area contributed by atoms with Crippen molar-refractivity contribution in [3.8, 4) is 0 Å². The van der Waals surface area contributed by atoms with Gasteiger partial charge in [-0.15, -0.1) is 0 Å². The number of likely N-dealkylation sites (N-methyl/N-ethyl adjacent to an activating group) is 1. The molecule has 0 aliphatic carbocycles. The number of aryl methyl sites for hydroxylation is 1. The number of hydrogen-bond acceptors (Lipinski definition) is 2. The van der Waals surface area contributed by atoms with E-state index >= 15 is 0 Å². The Hall–Kier alpha value is -0.870. The highest BCUT2D eigenvalue weighted by atomic mass is 79.9. The molecule has 4 heteroatoms. The van der Waals surface area contributed by atoms with Crippen molar-refractivity contribution in [2.75, 3.05) is 20.6 Å². The van der Waals surface area contributed by atoms with Crippen LogP contribution in [-0.4, -0.2) is 37.5 Å². The molecule has 0 saturated heterocycles. The van der Waals surface area contributed by atoms with E-state index in [9.17, 15) is 4.79 Å². The predicted molar refractivity (Wildman–Crippen MR) is 74.4 cm³/mol. The Labute approximate surface area is 111 Å². The van der Waals surface area contributed by atoms with E-state index in [2.05, 4.69) is 26.1 Å². The Bertz CT molecular complexity index is 384. The molecule has 1 atom stereocenters. The molecule has 1 N–H and O–H groups in total. The Balaban J connectivity index is 2.69. The van der Waals surface area contributed by atoms with Crippen LogP contribution in [0.1, 0.15) is 22.8 Å². The van der Waals surface area contributed by atoms with Crippen molar-refractivity contribution in [1.82, 2.24) is 10.2 Å². The number of hydrogen-bond donors (Lipinski definition) is 1. The van der Waals surface area contributed by atoms with Gasteiger partial charge in [0.1, 0.15) is 0 Å². The molecule has 1 rings (SSSR count). The van der Waals surface area contributed by atoms with E-state index in [0.717, 1.165) is 16.6 Å². The number of carbonyl (C=O) groups is 1. The van der Waals surface area contributed by atoms with Crippen LogP contribution in [0.2, 0.25) is 0 Å². The van der Waals surface area contributed by atoms with E-state index < -0.39 is 0 Å². The molecular formula is C13H19BrN2O. The third-order valence-corrected chi connectivity index (χ3v) is 2.78. The van der Waals surface area contributed by atoms with Gasteiger partial charge in [-0.05, 0) is 51.7 Å². The zero-order chi connectivity index (χ0) is 13.0. The van der Waals surface area contributed by atoms with Gasteiger partial charge in [-0.3, -0.25) is 4.79 Å². The quantitative estimate of drug-likeness (QED) is 0.926. The predicted octanol–water partition coefficient (Wildman–Crippen LogP) is 2.44. The zero-order valence-corrected chi connectivity index (χ0v) is 12.3. The first-order chi connectivity index (χ1) is 7.88. The largest absolute Gasteiger partial charge is 0.348 e. The molecule has 94 valence electrons. The van der Waals surface area contributed by atoms with Crippen molar-refractivity contribution >= 4 is 21.8 Å². The third-order valence-electron chi connectivity index (χ3n) is 2.32. The molecule has 3 nitrogen and oxygen atoms in total. The molecule has 1 aromatic carbocycles. The molecule has 0 aliphatic heterocycles. The lowest BCUT2D eigenvalue weighted by molar-refractivity contribution is 0.0934. The van der Waals surface area contributed by atoms with Crippen molar-refractivity contribution < 1.29 is 4.79 Å². The topological polar surface area (TPSA) is 32.3 Å². The van der Waals surface area contributed by atoms with Crippen molar-refractivity contribution in [3.05, 3.63) is 33.8 Å². The maximum Gasteiger partial charge on any atom is 0.251 e. The molecule has 0 aliphatic rings. The molecule has 0 spiro atoms. The minimum absolute atomic E-state index is 0.0243. The molecule has 0 saturated carbocycles. The highest BCUT2D eigenvalue weighted by molar-refractivity contribution is 9.10. The normalized spacial score (nSPS) is 12.6. The number of nitrogens with zero attached hydrogens (tertiary/aromatic N) is 1. The summed E-state index contributed by atoms with van der Waals surface area (Å²) in [5.74, 6) is -0.0243. The van der Waals surface area contributed by atoms with Gasteiger partial charge >= 0.3 is 0 Å². The Kier molecular flexibility index (Phi) is 5.15. The number of rotatable bonds is 4. The van der Waals surface area contributed by atoms with Crippen molar-refractivity contribution in [1.29, 1.82) is 0 Å². The first kappa shape index (κ1) is 14.2. The summed E-state index contributed by atoms with van der Waals surface area (Å²) in [5, 5.41) is 2.98. The van der Waals surface area contributed by atoms with E-state index in [1.807, 2.05) is 46.1 Å². The monoisotopic (exact) mass is 298 g/mol. The summed E-state index contributed by atoms with van der Waals surface area (Å²) in [7, 11) is 3.98. The van der Waals surface area contributed by atoms with E-state index in [4.69, 9.17) is 0 Å². The number of halogens is 1. The Morgan fingerprint density at radius 2 is 2.06 bits per heavy atom. The van der Waals surface area contributed by atoms with Crippen LogP contribution in [0.15, 0.2) is 22.7 Å². The molecule has 0 heterocycles. The van der Waals surface area contributed by atoms with E-state index in [1.165, 1.54) is 0 Å². The fourth-order valence-corrected chi connectivity index (χ4v) is 2.38. The second-order valence-electron chi connectivity index (χ2n) is 4.65. The summed E-state index contributed by atoms with van der Waals surface area (Å²) in [6, 6.07) is 5.85. The standard InChI is InChI=1S/C13H19BrN2O/c1-9-5-11(7-12(14)6-9)13(17)15-10(2)8-16(3)4/h5-7,10H,8H2,1-4H3,(H,15,17). The van der Waals surface area contributed by atoms with Gasteiger partial charge < -0.3 is 10.2 Å². The number of nitrogens with one attached hydrogen (secondary N) is 1. The third kappa shape index (κ3) is 4.88. The van der Waals surface area contributed by atoms with Crippen molar-refractivity contribution in [3.63, 3.8) is 0 Å². The fourth-order valence-electron chi connectivity index (χ4n) is 1.77. The maximum atomic E-state index is 12.0. The average Bonchev–Trinajstić information content (AvgIpc) is 2.14. The summed E-state index contributed by atoms with van der Waals surface area (Å²) < 4.78 is 0.933. The average molecular weight is 299 g/mol. The van der Waals surface area contributed by atoms with Gasteiger partial charge in [0.05, 0.1) is 0 Å². The molecule has 0 bridgehead atoms. The first-order valence-corrected chi connectivity index (χ1v) is 6.40. The van der Waals surface area contributed by atoms with Crippen LogP contribution in [0.3, 0.4) is 0 Å². The van der Waals surface area contributed by atoms with Crippen LogP contribution >= 0.6 is 15.9 Å². The Morgan fingerprint density at radius 3 is 2.59 bits per heavy atom. The van der Waals surface area contributed by atoms with E-state index in [1.54, 1.807) is 0 Å². The van der Waals surface area contributed by atoms with Crippen LogP contribution in [0, 0.1) is 6.92 Å². The van der Waals surface area contributed by atoms with Gasteiger partial charge in [-0.25, -0.2) is 0 Å². The van der Waals surface area contributed by atoms with Gasteiger partial charge in [-0.1, -0.05) is 15.9 Å². The van der Waals surface area contributed by atoms with Crippen molar-refractivity contribution in [2.45, 2.75) is 19.9 Å². The highest BCUT2D eigenvalue weighted by Gasteiger charge is 2.11. The van der Waals surface area contributed by atoms with Gasteiger partial charge in [0.15, 0.2) is 0 Å². The lowest BCUT2D eigenvalue weighted by Crippen LogP contribution is -2.39. The van der Waals surface area contributed by atoms with Gasteiger partial charge in [0, 0.05) is 22.6 Å². The lowest BCUT2D eigenvalue weighted by atomic mass is 10.1. The van der Waals surface area contributed by atoms with Crippen LogP contribution in [0.4, 0.5) is 0 Å². The maximum absolute atomic E-state index is 12.0. The molecule has 17 heavy (non-hydrogen) atoms. The molecular weight excluding hydrogens is 280 g/mol. The number of benzene rings is 1. The molecule has 0 aromatic heterocycles. The van der Waals surface area contributed by atoms with Crippen LogP contribution in [0.25, 0.3) is 0 Å². The molecule has 1 unspecified atom stereocenters. The smallest absolute Gasteiger partial charge is 0.251 e.